The van der Waals surface area contributed by atoms with E-state index in [9.17, 15) is 4.79 Å². The fraction of sp³-hybridized carbons (Fsp3) is 0.450. The van der Waals surface area contributed by atoms with E-state index >= 15 is 0 Å². The summed E-state index contributed by atoms with van der Waals surface area (Å²) >= 11 is 0. The van der Waals surface area contributed by atoms with Gasteiger partial charge in [-0.15, -0.1) is 0 Å². The van der Waals surface area contributed by atoms with Crippen LogP contribution in [0.15, 0.2) is 42.5 Å². The van der Waals surface area contributed by atoms with Crippen molar-refractivity contribution >= 4 is 16.7 Å². The van der Waals surface area contributed by atoms with Gasteiger partial charge in [0.1, 0.15) is 0 Å². The van der Waals surface area contributed by atoms with E-state index in [1.165, 1.54) is 16.3 Å². The predicted octanol–water partition coefficient (Wildman–Crippen LogP) is 3.88. The van der Waals surface area contributed by atoms with E-state index < -0.39 is 0 Å². The lowest BCUT2D eigenvalue weighted by molar-refractivity contribution is -0.138. The van der Waals surface area contributed by atoms with Gasteiger partial charge in [0.15, 0.2) is 0 Å². The van der Waals surface area contributed by atoms with Crippen molar-refractivity contribution in [3.05, 3.63) is 48.0 Å². The highest BCUT2D eigenvalue weighted by atomic mass is 16.2. The predicted molar refractivity (Wildman–Crippen MR) is 95.0 cm³/mol. The number of amides is 1. The largest absolute Gasteiger partial charge is 0.333 e. The topological polar surface area (TPSA) is 46.3 Å². The summed E-state index contributed by atoms with van der Waals surface area (Å²) in [6.45, 7) is 5.98. The lowest BCUT2D eigenvalue weighted by Crippen LogP contribution is -2.44. The smallest absolute Gasteiger partial charge is 0.227 e. The Labute approximate surface area is 138 Å². The van der Waals surface area contributed by atoms with Gasteiger partial charge in [-0.3, -0.25) is 4.79 Å². The van der Waals surface area contributed by atoms with E-state index in [0.717, 1.165) is 12.8 Å². The number of benzene rings is 2. The van der Waals surface area contributed by atoms with Crippen LogP contribution in [0.5, 0.6) is 0 Å². The molecule has 0 aromatic heterocycles. The maximum Gasteiger partial charge on any atom is 0.227 e. The zero-order valence-electron chi connectivity index (χ0n) is 14.2. The molecule has 3 heteroatoms. The number of carbonyl (C=O) groups is 1. The van der Waals surface area contributed by atoms with E-state index in [-0.39, 0.29) is 23.9 Å². The average Bonchev–Trinajstić information content (AvgIpc) is 3.38. The summed E-state index contributed by atoms with van der Waals surface area (Å²) < 4.78 is 0. The van der Waals surface area contributed by atoms with Crippen LogP contribution >= 0.6 is 0 Å². The minimum absolute atomic E-state index is 0.0841. The van der Waals surface area contributed by atoms with E-state index in [1.54, 1.807) is 0 Å². The molecular weight excluding hydrogens is 284 g/mol. The standard InChI is InChI=1S/C20H26N2O/c1-13(14(2)21)20(23)22(19-10-11-19)15(3)17-9-8-16-6-4-5-7-18(16)12-17/h4-9,12-15,19H,10-11,21H2,1-3H3. The minimum atomic E-state index is -0.140. The van der Waals surface area contributed by atoms with E-state index in [0.29, 0.717) is 6.04 Å². The van der Waals surface area contributed by atoms with E-state index in [2.05, 4.69) is 54.3 Å². The molecule has 2 aromatic carbocycles. The second-order valence-corrected chi connectivity index (χ2v) is 6.91. The van der Waals surface area contributed by atoms with Crippen LogP contribution in [0.3, 0.4) is 0 Å². The van der Waals surface area contributed by atoms with Crippen LogP contribution < -0.4 is 5.73 Å². The zero-order valence-corrected chi connectivity index (χ0v) is 14.2. The van der Waals surface area contributed by atoms with Crippen molar-refractivity contribution in [1.29, 1.82) is 0 Å². The molecule has 1 aliphatic rings. The van der Waals surface area contributed by atoms with Crippen LogP contribution in [0, 0.1) is 5.92 Å². The molecule has 2 N–H and O–H groups in total. The van der Waals surface area contributed by atoms with Crippen LogP contribution in [0.25, 0.3) is 10.8 Å². The number of hydrogen-bond acceptors (Lipinski definition) is 2. The SMILES string of the molecule is CC(N)C(C)C(=O)N(C1CC1)C(C)c1ccc2ccccc2c1. The van der Waals surface area contributed by atoms with Crippen LogP contribution in [0.4, 0.5) is 0 Å². The van der Waals surface area contributed by atoms with Gasteiger partial charge in [0.05, 0.1) is 12.0 Å². The monoisotopic (exact) mass is 310 g/mol. The lowest BCUT2D eigenvalue weighted by Gasteiger charge is -2.33. The van der Waals surface area contributed by atoms with Gasteiger partial charge in [-0.25, -0.2) is 0 Å². The molecule has 0 heterocycles. The number of rotatable bonds is 5. The summed E-state index contributed by atoms with van der Waals surface area (Å²) in [6.07, 6.45) is 2.21. The van der Waals surface area contributed by atoms with Crippen molar-refractivity contribution in [1.82, 2.24) is 4.90 Å². The van der Waals surface area contributed by atoms with Gasteiger partial charge in [-0.05, 0) is 49.1 Å². The molecule has 1 saturated carbocycles. The van der Waals surface area contributed by atoms with Gasteiger partial charge < -0.3 is 10.6 Å². The number of nitrogens with two attached hydrogens (primary N) is 1. The first kappa shape index (κ1) is 16.0. The highest BCUT2D eigenvalue weighted by Gasteiger charge is 2.38. The number of fused-ring (bicyclic) bond motifs is 1. The summed E-state index contributed by atoms with van der Waals surface area (Å²) in [5.74, 6) is 0.0432. The molecule has 2 aromatic rings. The van der Waals surface area contributed by atoms with Crippen molar-refractivity contribution < 1.29 is 4.79 Å². The van der Waals surface area contributed by atoms with Crippen molar-refractivity contribution in [2.45, 2.75) is 51.7 Å². The summed E-state index contributed by atoms with van der Waals surface area (Å²) in [5.41, 5.74) is 7.16. The fourth-order valence-electron chi connectivity index (χ4n) is 3.13. The summed E-state index contributed by atoms with van der Waals surface area (Å²) in [5, 5.41) is 2.46. The van der Waals surface area contributed by atoms with Gasteiger partial charge in [-0.1, -0.05) is 43.3 Å². The Bertz CT molecular complexity index is 706. The normalized spacial score (nSPS) is 18.4. The summed E-state index contributed by atoms with van der Waals surface area (Å²) in [4.78, 5) is 15.0. The van der Waals surface area contributed by atoms with Gasteiger partial charge in [-0.2, -0.15) is 0 Å². The van der Waals surface area contributed by atoms with Crippen molar-refractivity contribution in [2.75, 3.05) is 0 Å². The summed E-state index contributed by atoms with van der Waals surface area (Å²) in [6, 6.07) is 15.2. The lowest BCUT2D eigenvalue weighted by atomic mass is 9.98. The second-order valence-electron chi connectivity index (χ2n) is 6.91. The van der Waals surface area contributed by atoms with E-state index in [4.69, 9.17) is 5.73 Å². The number of nitrogens with zero attached hydrogens (tertiary/aromatic N) is 1. The Morgan fingerprint density at radius 2 is 1.74 bits per heavy atom. The highest BCUT2D eigenvalue weighted by molar-refractivity contribution is 5.84. The molecule has 3 atom stereocenters. The molecule has 0 spiro atoms. The van der Waals surface area contributed by atoms with Crippen molar-refractivity contribution in [3.63, 3.8) is 0 Å². The molecule has 23 heavy (non-hydrogen) atoms. The Morgan fingerprint density at radius 1 is 1.09 bits per heavy atom. The quantitative estimate of drug-likeness (QED) is 0.911. The molecule has 1 aliphatic carbocycles. The molecule has 0 radical (unpaired) electrons. The number of carbonyl (C=O) groups excluding carboxylic acids is 1. The third kappa shape index (κ3) is 3.25. The molecule has 1 fully saturated rings. The highest BCUT2D eigenvalue weighted by Crippen LogP contribution is 2.36. The minimum Gasteiger partial charge on any atom is -0.333 e. The molecule has 3 unspecified atom stereocenters. The Morgan fingerprint density at radius 3 is 2.35 bits per heavy atom. The first-order chi connectivity index (χ1) is 11.0. The molecule has 3 nitrogen and oxygen atoms in total. The van der Waals surface area contributed by atoms with Crippen LogP contribution in [-0.2, 0) is 4.79 Å². The molecule has 122 valence electrons. The van der Waals surface area contributed by atoms with Gasteiger partial charge in [0, 0.05) is 12.1 Å². The molecule has 1 amide bonds. The van der Waals surface area contributed by atoms with Crippen molar-refractivity contribution in [3.8, 4) is 0 Å². The van der Waals surface area contributed by atoms with E-state index in [1.807, 2.05) is 13.8 Å². The first-order valence-corrected chi connectivity index (χ1v) is 8.55. The Hall–Kier alpha value is -1.87. The van der Waals surface area contributed by atoms with Crippen molar-refractivity contribution in [2.24, 2.45) is 11.7 Å². The Balaban J connectivity index is 1.90. The third-order valence-electron chi connectivity index (χ3n) is 5.05. The molecule has 0 aliphatic heterocycles. The molecule has 3 rings (SSSR count). The summed E-state index contributed by atoms with van der Waals surface area (Å²) in [7, 11) is 0. The maximum absolute atomic E-state index is 12.9. The molecular formula is C20H26N2O. The molecule has 0 saturated heterocycles. The Kier molecular flexibility index (Phi) is 4.40. The number of hydrogen-bond donors (Lipinski definition) is 1. The maximum atomic E-state index is 12.9. The van der Waals surface area contributed by atoms with Crippen LogP contribution in [0.1, 0.15) is 45.2 Å². The molecule has 0 bridgehead atoms. The zero-order chi connectivity index (χ0) is 16.6. The average molecular weight is 310 g/mol. The third-order valence-corrected chi connectivity index (χ3v) is 5.05. The van der Waals surface area contributed by atoms with Gasteiger partial charge in [0.2, 0.25) is 5.91 Å². The second kappa shape index (κ2) is 6.32. The van der Waals surface area contributed by atoms with Gasteiger partial charge in [0.25, 0.3) is 0 Å². The fourth-order valence-corrected chi connectivity index (χ4v) is 3.13. The van der Waals surface area contributed by atoms with Crippen LogP contribution in [-0.4, -0.2) is 22.9 Å². The van der Waals surface area contributed by atoms with Gasteiger partial charge >= 0.3 is 0 Å². The first-order valence-electron chi connectivity index (χ1n) is 8.55. The van der Waals surface area contributed by atoms with Crippen LogP contribution in [0.2, 0.25) is 0 Å².